The molecule has 5 N–H and O–H groups in total. The van der Waals surface area contributed by atoms with Gasteiger partial charge in [0.1, 0.15) is 0 Å². The smallest absolute Gasteiger partial charge is 0.292 e. The number of rotatable bonds is 6. The van der Waals surface area contributed by atoms with Gasteiger partial charge in [-0.1, -0.05) is 27.2 Å². The van der Waals surface area contributed by atoms with Crippen molar-refractivity contribution in [1.82, 2.24) is 0 Å². The highest BCUT2D eigenvalue weighted by molar-refractivity contribution is 7.82. The molecule has 84 valence electrons. The zero-order valence-electron chi connectivity index (χ0n) is 9.20. The largest absolute Gasteiger partial charge is 0.331 e. The maximum atomic E-state index is 9.75. The van der Waals surface area contributed by atoms with Crippen LogP contribution in [0, 0.1) is 11.3 Å². The van der Waals surface area contributed by atoms with Crippen LogP contribution in [0.2, 0.25) is 0 Å². The summed E-state index contributed by atoms with van der Waals surface area (Å²) in [4.78, 5) is 19.5. The van der Waals surface area contributed by atoms with Crippen LogP contribution in [0.3, 0.4) is 0 Å². The molecular formula is C9H22N2O2P+. The summed E-state index contributed by atoms with van der Waals surface area (Å²) in [7, 11) is -3.33. The number of nitrogens with one attached hydrogen (secondary N) is 1. The molecule has 0 amide bonds. The fourth-order valence-electron chi connectivity index (χ4n) is 1.20. The molecule has 0 aromatic carbocycles. The Bertz CT molecular complexity index is 195. The van der Waals surface area contributed by atoms with E-state index in [1.54, 1.807) is 0 Å². The van der Waals surface area contributed by atoms with E-state index in [1.165, 1.54) is 0 Å². The van der Waals surface area contributed by atoms with Gasteiger partial charge in [0.2, 0.25) is 5.45 Å². The van der Waals surface area contributed by atoms with Crippen molar-refractivity contribution in [2.24, 2.45) is 11.7 Å². The van der Waals surface area contributed by atoms with Crippen molar-refractivity contribution in [1.29, 1.82) is 5.41 Å². The summed E-state index contributed by atoms with van der Waals surface area (Å²) in [6, 6.07) is 0. The lowest BCUT2D eigenvalue weighted by molar-refractivity contribution is 0.441. The first-order valence-corrected chi connectivity index (χ1v) is 6.76. The van der Waals surface area contributed by atoms with Crippen molar-refractivity contribution in [3.63, 3.8) is 0 Å². The van der Waals surface area contributed by atoms with Gasteiger partial charge < -0.3 is 0 Å². The molecule has 0 heterocycles. The predicted molar refractivity (Wildman–Crippen MR) is 61.4 cm³/mol. The highest BCUT2D eigenvalue weighted by atomic mass is 31.2. The van der Waals surface area contributed by atoms with E-state index in [1.807, 2.05) is 20.8 Å². The Kier molecular flexibility index (Phi) is 5.75. The maximum Gasteiger partial charge on any atom is 0.331 e. The summed E-state index contributed by atoms with van der Waals surface area (Å²) in [5.41, 5.74) is 5.67. The van der Waals surface area contributed by atoms with Gasteiger partial charge in [-0.05, 0) is 5.92 Å². The second-order valence-electron chi connectivity index (χ2n) is 4.05. The van der Waals surface area contributed by atoms with Crippen LogP contribution in [0.4, 0.5) is 0 Å². The molecule has 1 unspecified atom stereocenters. The minimum Gasteiger partial charge on any atom is -0.292 e. The maximum absolute atomic E-state index is 9.75. The fraction of sp³-hybridized carbons (Fsp3) is 0.889. The van der Waals surface area contributed by atoms with Gasteiger partial charge in [-0.3, -0.25) is 11.1 Å². The zero-order chi connectivity index (χ0) is 11.4. The lowest BCUT2D eigenvalue weighted by Gasteiger charge is -2.19. The Morgan fingerprint density at radius 2 is 1.93 bits per heavy atom. The van der Waals surface area contributed by atoms with Gasteiger partial charge in [-0.2, -0.15) is 0 Å². The van der Waals surface area contributed by atoms with E-state index in [0.717, 1.165) is 6.42 Å². The molecule has 0 aliphatic rings. The summed E-state index contributed by atoms with van der Waals surface area (Å²) in [5.74, 6) is -0.395. The molecule has 0 aromatic rings. The van der Waals surface area contributed by atoms with Gasteiger partial charge in [-0.25, -0.2) is 9.79 Å². The van der Waals surface area contributed by atoms with E-state index in [4.69, 9.17) is 11.1 Å². The molecule has 1 atom stereocenters. The summed E-state index contributed by atoms with van der Waals surface area (Å²) in [6.45, 7) is 5.83. The molecule has 0 bridgehead atoms. The topological polar surface area (TPSA) is 90.3 Å². The van der Waals surface area contributed by atoms with Crippen LogP contribution in [-0.2, 0) is 0 Å². The highest BCUT2D eigenvalue weighted by Crippen LogP contribution is 2.56. The predicted octanol–water partition coefficient (Wildman–Crippen LogP) is 1.93. The zero-order valence-corrected chi connectivity index (χ0v) is 10.1. The number of hydrogen-bond acceptors (Lipinski definition) is 4. The van der Waals surface area contributed by atoms with Gasteiger partial charge in [0.25, 0.3) is 0 Å². The number of nitrogens with two attached hydrogens (primary N) is 1. The SMILES string of the molecule is CCCC(N)[P+](O)(O)C(=N)CC(C)C. The molecule has 0 saturated carbocycles. The van der Waals surface area contributed by atoms with Crippen LogP contribution in [0.25, 0.3) is 0 Å². The Hall–Kier alpha value is -0.0200. The van der Waals surface area contributed by atoms with Crippen molar-refractivity contribution >= 4 is 13.2 Å². The van der Waals surface area contributed by atoms with E-state index in [9.17, 15) is 9.79 Å². The molecule has 0 radical (unpaired) electrons. The summed E-state index contributed by atoms with van der Waals surface area (Å²) >= 11 is 0. The quantitative estimate of drug-likeness (QED) is 0.408. The lowest BCUT2D eigenvalue weighted by atomic mass is 10.1. The Balaban J connectivity index is 4.35. The van der Waals surface area contributed by atoms with Crippen LogP contribution in [0.1, 0.15) is 40.0 Å². The Labute approximate surface area is 86.5 Å². The molecule has 0 aliphatic carbocycles. The number of hydrogen-bond donors (Lipinski definition) is 4. The molecule has 0 aromatic heterocycles. The van der Waals surface area contributed by atoms with E-state index in [2.05, 4.69) is 0 Å². The third-order valence-electron chi connectivity index (χ3n) is 2.05. The van der Waals surface area contributed by atoms with Gasteiger partial charge in [0.15, 0.2) is 5.78 Å². The Morgan fingerprint density at radius 3 is 2.29 bits per heavy atom. The summed E-state index contributed by atoms with van der Waals surface area (Å²) in [5, 5.41) is 7.60. The molecule has 4 nitrogen and oxygen atoms in total. The second kappa shape index (κ2) is 5.76. The van der Waals surface area contributed by atoms with Gasteiger partial charge in [0.05, 0.1) is 0 Å². The van der Waals surface area contributed by atoms with Crippen LogP contribution in [0.15, 0.2) is 0 Å². The van der Waals surface area contributed by atoms with Crippen molar-refractivity contribution in [3.05, 3.63) is 0 Å². The first kappa shape index (κ1) is 14.0. The summed E-state index contributed by atoms with van der Waals surface area (Å²) < 4.78 is 0. The second-order valence-corrected chi connectivity index (χ2v) is 6.55. The third kappa shape index (κ3) is 4.01. The standard InChI is InChI=1S/C9H22N2O2P/c1-4-5-8(10)14(12,13)9(11)6-7(2)3/h7-8,11-13H,4-6,10H2,1-3H3/q+1. The molecule has 5 heteroatoms. The average Bonchev–Trinajstić information content (AvgIpc) is 2.03. The normalized spacial score (nSPS) is 14.5. The minimum atomic E-state index is -3.33. The molecule has 0 spiro atoms. The minimum absolute atomic E-state index is 0.0217. The molecule has 0 fully saturated rings. The molecular weight excluding hydrogens is 199 g/mol. The van der Waals surface area contributed by atoms with Crippen molar-refractivity contribution in [2.75, 3.05) is 0 Å². The molecule has 0 saturated heterocycles. The van der Waals surface area contributed by atoms with Crippen LogP contribution >= 0.6 is 7.72 Å². The first-order chi connectivity index (χ1) is 6.32. The van der Waals surface area contributed by atoms with Crippen molar-refractivity contribution in [2.45, 2.75) is 45.8 Å². The van der Waals surface area contributed by atoms with Gasteiger partial charge >= 0.3 is 7.72 Å². The van der Waals surface area contributed by atoms with Crippen molar-refractivity contribution < 1.29 is 9.79 Å². The molecule has 0 aliphatic heterocycles. The summed E-state index contributed by atoms with van der Waals surface area (Å²) in [6.07, 6.45) is 1.78. The van der Waals surface area contributed by atoms with E-state index in [-0.39, 0.29) is 11.4 Å². The Morgan fingerprint density at radius 1 is 1.43 bits per heavy atom. The molecule has 0 rings (SSSR count). The van der Waals surface area contributed by atoms with E-state index >= 15 is 0 Å². The third-order valence-corrected chi connectivity index (χ3v) is 4.21. The van der Waals surface area contributed by atoms with Crippen LogP contribution in [0.5, 0.6) is 0 Å². The first-order valence-electron chi connectivity index (χ1n) is 5.00. The van der Waals surface area contributed by atoms with Crippen molar-refractivity contribution in [3.8, 4) is 0 Å². The van der Waals surface area contributed by atoms with Gasteiger partial charge in [0, 0.05) is 12.8 Å². The monoisotopic (exact) mass is 221 g/mol. The van der Waals surface area contributed by atoms with E-state index in [0.29, 0.717) is 12.8 Å². The molecule has 14 heavy (non-hydrogen) atoms. The fourth-order valence-corrected chi connectivity index (χ4v) is 2.85. The van der Waals surface area contributed by atoms with Crippen LogP contribution in [-0.4, -0.2) is 21.0 Å². The van der Waals surface area contributed by atoms with Gasteiger partial charge in [-0.15, -0.1) is 0 Å². The lowest BCUT2D eigenvalue weighted by Crippen LogP contribution is -2.28. The highest BCUT2D eigenvalue weighted by Gasteiger charge is 2.46. The average molecular weight is 221 g/mol. The van der Waals surface area contributed by atoms with Crippen LogP contribution < -0.4 is 5.73 Å². The van der Waals surface area contributed by atoms with E-state index < -0.39 is 13.5 Å².